The Labute approximate surface area is 178 Å². The Kier molecular flexibility index (Phi) is 7.04. The molecule has 31 heavy (non-hydrogen) atoms. The van der Waals surface area contributed by atoms with Crippen LogP contribution in [0.5, 0.6) is 0 Å². The summed E-state index contributed by atoms with van der Waals surface area (Å²) < 4.78 is 35.3. The minimum atomic E-state index is -1.46. The normalized spacial score (nSPS) is 11.7. The maximum Gasteiger partial charge on any atom is 0.254 e. The molecule has 0 aliphatic carbocycles. The predicted molar refractivity (Wildman–Crippen MR) is 113 cm³/mol. The highest BCUT2D eigenvalue weighted by Crippen LogP contribution is 2.31. The number of amidine groups is 1. The molecule has 0 spiro atoms. The number of amides is 1. The number of nitrogens with two attached hydrogens (primary N) is 1. The van der Waals surface area contributed by atoms with Gasteiger partial charge in [-0.3, -0.25) is 15.2 Å². The van der Waals surface area contributed by atoms with E-state index in [-0.39, 0.29) is 24.6 Å². The van der Waals surface area contributed by atoms with Crippen LogP contribution in [0.2, 0.25) is 0 Å². The molecule has 4 N–H and O–H groups in total. The second kappa shape index (κ2) is 9.90. The largest absolute Gasteiger partial charge is 0.384 e. The molecule has 0 fully saturated rings. The summed E-state index contributed by atoms with van der Waals surface area (Å²) >= 11 is 0. The number of carbonyl (C=O) groups is 1. The quantitative estimate of drug-likeness (QED) is 0.379. The fraction of sp³-hybridized carbons (Fsp3) is 0.174. The highest BCUT2D eigenvalue weighted by atomic mass is 19.1. The standard InChI is InChI=1S/C23H22F2N4O2/c1-2-31-21(23(30)29-13-14-3-5-16(6-4-14)22(26)27)19-18(24)8-7-17(20(19)25)15-9-11-28-12-10-15/h3-12,21H,2,13H2,1H3,(H3,26,27)(H,29,30)/t21-/m0/s1. The van der Waals surface area contributed by atoms with Crippen molar-refractivity contribution in [3.8, 4) is 11.1 Å². The summed E-state index contributed by atoms with van der Waals surface area (Å²) in [5.41, 5.74) is 6.93. The Hall–Kier alpha value is -3.65. The van der Waals surface area contributed by atoms with Gasteiger partial charge in [-0.25, -0.2) is 8.78 Å². The molecule has 0 aliphatic heterocycles. The zero-order valence-corrected chi connectivity index (χ0v) is 16.9. The fourth-order valence-electron chi connectivity index (χ4n) is 3.10. The van der Waals surface area contributed by atoms with E-state index < -0.39 is 29.2 Å². The minimum Gasteiger partial charge on any atom is -0.384 e. The van der Waals surface area contributed by atoms with Crippen LogP contribution < -0.4 is 11.1 Å². The van der Waals surface area contributed by atoms with Crippen LogP contribution in [0.15, 0.2) is 60.9 Å². The summed E-state index contributed by atoms with van der Waals surface area (Å²) in [4.78, 5) is 16.7. The molecule has 8 heteroatoms. The third-order valence-electron chi connectivity index (χ3n) is 4.68. The maximum absolute atomic E-state index is 15.3. The molecule has 6 nitrogen and oxygen atoms in total. The number of nitrogens with one attached hydrogen (secondary N) is 2. The van der Waals surface area contributed by atoms with Crippen LogP contribution in [0, 0.1) is 17.0 Å². The number of nitrogen functional groups attached to an aromatic ring is 1. The zero-order valence-electron chi connectivity index (χ0n) is 16.9. The molecule has 0 radical (unpaired) electrons. The summed E-state index contributed by atoms with van der Waals surface area (Å²) in [5.74, 6) is -2.45. The second-order valence-electron chi connectivity index (χ2n) is 6.72. The lowest BCUT2D eigenvalue weighted by Crippen LogP contribution is -2.31. The van der Waals surface area contributed by atoms with Crippen LogP contribution >= 0.6 is 0 Å². The van der Waals surface area contributed by atoms with E-state index >= 15 is 4.39 Å². The SMILES string of the molecule is CCO[C@H](C(=O)NCc1ccc(C(=N)N)cc1)c1c(F)ccc(-c2ccncc2)c1F. The van der Waals surface area contributed by atoms with E-state index in [2.05, 4.69) is 10.3 Å². The molecule has 1 amide bonds. The minimum absolute atomic E-state index is 0.0629. The highest BCUT2D eigenvalue weighted by Gasteiger charge is 2.29. The van der Waals surface area contributed by atoms with Gasteiger partial charge < -0.3 is 15.8 Å². The molecule has 0 saturated carbocycles. The second-order valence-corrected chi connectivity index (χ2v) is 6.72. The Morgan fingerprint density at radius 1 is 1.13 bits per heavy atom. The van der Waals surface area contributed by atoms with Gasteiger partial charge in [0.15, 0.2) is 6.10 Å². The number of rotatable bonds is 8. The van der Waals surface area contributed by atoms with Crippen LogP contribution in [0.1, 0.15) is 29.7 Å². The smallest absolute Gasteiger partial charge is 0.254 e. The lowest BCUT2D eigenvalue weighted by Gasteiger charge is -2.20. The van der Waals surface area contributed by atoms with Gasteiger partial charge in [-0.15, -0.1) is 0 Å². The number of carbonyl (C=O) groups excluding carboxylic acids is 1. The van der Waals surface area contributed by atoms with E-state index in [1.807, 2.05) is 0 Å². The zero-order chi connectivity index (χ0) is 22.4. The van der Waals surface area contributed by atoms with Crippen LogP contribution in [-0.2, 0) is 16.1 Å². The van der Waals surface area contributed by atoms with Gasteiger partial charge in [-0.1, -0.05) is 24.3 Å². The van der Waals surface area contributed by atoms with Gasteiger partial charge in [0, 0.05) is 36.7 Å². The van der Waals surface area contributed by atoms with E-state index in [1.54, 1.807) is 43.3 Å². The molecule has 160 valence electrons. The average Bonchev–Trinajstić information content (AvgIpc) is 2.77. The van der Waals surface area contributed by atoms with Gasteiger partial charge in [-0.05, 0) is 42.3 Å². The van der Waals surface area contributed by atoms with Crippen molar-refractivity contribution in [1.82, 2.24) is 10.3 Å². The Morgan fingerprint density at radius 2 is 1.81 bits per heavy atom. The molecule has 1 atom stereocenters. The van der Waals surface area contributed by atoms with Crippen molar-refractivity contribution in [2.45, 2.75) is 19.6 Å². The van der Waals surface area contributed by atoms with Gasteiger partial charge in [0.2, 0.25) is 0 Å². The van der Waals surface area contributed by atoms with E-state index in [4.69, 9.17) is 15.9 Å². The van der Waals surface area contributed by atoms with Gasteiger partial charge >= 0.3 is 0 Å². The van der Waals surface area contributed by atoms with Crippen molar-refractivity contribution >= 4 is 11.7 Å². The van der Waals surface area contributed by atoms with Crippen LogP contribution in [0.4, 0.5) is 8.78 Å². The molecular formula is C23H22F2N4O2. The first-order valence-electron chi connectivity index (χ1n) is 9.63. The van der Waals surface area contributed by atoms with Crippen LogP contribution in [0.3, 0.4) is 0 Å². The summed E-state index contributed by atoms with van der Waals surface area (Å²) in [6, 6.07) is 12.4. The summed E-state index contributed by atoms with van der Waals surface area (Å²) in [6.45, 7) is 1.85. The van der Waals surface area contributed by atoms with Crippen molar-refractivity contribution in [3.63, 3.8) is 0 Å². The predicted octanol–water partition coefficient (Wildman–Crippen LogP) is 3.70. The van der Waals surface area contributed by atoms with E-state index in [9.17, 15) is 9.18 Å². The van der Waals surface area contributed by atoms with Crippen LogP contribution in [0.25, 0.3) is 11.1 Å². The Morgan fingerprint density at radius 3 is 2.42 bits per heavy atom. The van der Waals surface area contributed by atoms with E-state index in [0.29, 0.717) is 11.1 Å². The van der Waals surface area contributed by atoms with Gasteiger partial charge in [0.1, 0.15) is 17.5 Å². The molecule has 0 aliphatic rings. The number of ether oxygens (including phenoxy) is 1. The Bertz CT molecular complexity index is 1070. The molecule has 3 rings (SSSR count). The number of benzene rings is 2. The molecule has 0 bridgehead atoms. The average molecular weight is 424 g/mol. The number of hydrogen-bond donors (Lipinski definition) is 3. The van der Waals surface area contributed by atoms with E-state index in [0.717, 1.165) is 11.6 Å². The number of pyridine rings is 1. The molecular weight excluding hydrogens is 402 g/mol. The van der Waals surface area contributed by atoms with Gasteiger partial charge in [0.05, 0.1) is 5.56 Å². The maximum atomic E-state index is 15.3. The summed E-state index contributed by atoms with van der Waals surface area (Å²) in [6.07, 6.45) is 1.55. The molecule has 3 aromatic rings. The first kappa shape index (κ1) is 22.0. The fourth-order valence-corrected chi connectivity index (χ4v) is 3.10. The van der Waals surface area contributed by atoms with Gasteiger partial charge in [-0.2, -0.15) is 0 Å². The molecule has 0 unspecified atom stereocenters. The summed E-state index contributed by atoms with van der Waals surface area (Å²) in [7, 11) is 0. The molecule has 1 heterocycles. The van der Waals surface area contributed by atoms with Crippen molar-refractivity contribution < 1.29 is 18.3 Å². The molecule has 2 aromatic carbocycles. The summed E-state index contributed by atoms with van der Waals surface area (Å²) in [5, 5.41) is 10.1. The molecule has 0 saturated heterocycles. The third kappa shape index (κ3) is 5.10. The molecule has 1 aromatic heterocycles. The van der Waals surface area contributed by atoms with Crippen LogP contribution in [-0.4, -0.2) is 23.3 Å². The highest BCUT2D eigenvalue weighted by molar-refractivity contribution is 5.94. The van der Waals surface area contributed by atoms with E-state index in [1.165, 1.54) is 18.5 Å². The Balaban J connectivity index is 1.85. The third-order valence-corrected chi connectivity index (χ3v) is 4.68. The lowest BCUT2D eigenvalue weighted by molar-refractivity contribution is -0.133. The topological polar surface area (TPSA) is 101 Å². The number of hydrogen-bond acceptors (Lipinski definition) is 4. The number of nitrogens with zero attached hydrogens (tertiary/aromatic N) is 1. The van der Waals surface area contributed by atoms with Crippen molar-refractivity contribution in [3.05, 3.63) is 89.2 Å². The number of aromatic nitrogens is 1. The van der Waals surface area contributed by atoms with Crippen molar-refractivity contribution in [1.29, 1.82) is 5.41 Å². The first-order chi connectivity index (χ1) is 14.9. The first-order valence-corrected chi connectivity index (χ1v) is 9.63. The van der Waals surface area contributed by atoms with Gasteiger partial charge in [0.25, 0.3) is 5.91 Å². The lowest BCUT2D eigenvalue weighted by atomic mass is 9.99. The van der Waals surface area contributed by atoms with Crippen molar-refractivity contribution in [2.75, 3.05) is 6.61 Å². The number of halogens is 2. The monoisotopic (exact) mass is 424 g/mol. The van der Waals surface area contributed by atoms with Crippen molar-refractivity contribution in [2.24, 2.45) is 5.73 Å².